The summed E-state index contributed by atoms with van der Waals surface area (Å²) in [4.78, 5) is 13.6. The molecule has 4 rings (SSSR count). The van der Waals surface area contributed by atoms with E-state index in [0.717, 1.165) is 36.0 Å². The van der Waals surface area contributed by atoms with Gasteiger partial charge in [0.05, 0.1) is 5.03 Å². The van der Waals surface area contributed by atoms with Crippen molar-refractivity contribution in [2.45, 2.75) is 6.42 Å². The smallest absolute Gasteiger partial charge is 0.152 e. The van der Waals surface area contributed by atoms with Gasteiger partial charge >= 0.3 is 0 Å². The Labute approximate surface area is 134 Å². The molecule has 1 aliphatic carbocycles. The highest BCUT2D eigenvalue weighted by Gasteiger charge is 2.26. The number of para-hydroxylation sites is 1. The third-order valence-electron chi connectivity index (χ3n) is 4.31. The standard InChI is InChI=1S/C19H14ClNO/c20-19-16(14-6-2-3-7-15(14)17(19)12-22)11-21-10-9-13-5-1-4-8-18(13)21/h1-8,11-12H,9-10H2/b16-11+. The molecule has 2 aliphatic rings. The Morgan fingerprint density at radius 1 is 1.00 bits per heavy atom. The van der Waals surface area contributed by atoms with Crippen molar-refractivity contribution in [1.82, 2.24) is 0 Å². The summed E-state index contributed by atoms with van der Waals surface area (Å²) in [5.41, 5.74) is 6.02. The molecule has 3 heteroatoms. The van der Waals surface area contributed by atoms with Crippen LogP contribution in [0.25, 0.3) is 11.1 Å². The molecule has 2 aromatic carbocycles. The lowest BCUT2D eigenvalue weighted by atomic mass is 10.1. The molecule has 2 nitrogen and oxygen atoms in total. The number of carbonyl (C=O) groups is 1. The van der Waals surface area contributed by atoms with E-state index in [-0.39, 0.29) is 0 Å². The van der Waals surface area contributed by atoms with Crippen LogP contribution in [-0.2, 0) is 11.2 Å². The van der Waals surface area contributed by atoms with Gasteiger partial charge in [-0.2, -0.15) is 0 Å². The van der Waals surface area contributed by atoms with E-state index >= 15 is 0 Å². The summed E-state index contributed by atoms with van der Waals surface area (Å²) in [7, 11) is 0. The predicted octanol–water partition coefficient (Wildman–Crippen LogP) is 4.25. The lowest BCUT2D eigenvalue weighted by Gasteiger charge is -2.16. The molecule has 1 aliphatic heterocycles. The highest BCUT2D eigenvalue weighted by atomic mass is 35.5. The van der Waals surface area contributed by atoms with Crippen molar-refractivity contribution >= 4 is 34.7 Å². The van der Waals surface area contributed by atoms with Gasteiger partial charge in [0.25, 0.3) is 0 Å². The third kappa shape index (κ3) is 1.92. The van der Waals surface area contributed by atoms with E-state index in [1.807, 2.05) is 30.3 Å². The molecule has 0 saturated heterocycles. The number of hydrogen-bond donors (Lipinski definition) is 0. The number of anilines is 1. The molecule has 0 saturated carbocycles. The first-order valence-electron chi connectivity index (χ1n) is 7.31. The molecule has 0 amide bonds. The number of halogens is 1. The Kier molecular flexibility index (Phi) is 3.12. The predicted molar refractivity (Wildman–Crippen MR) is 90.7 cm³/mol. The first kappa shape index (κ1) is 13.4. The van der Waals surface area contributed by atoms with E-state index < -0.39 is 0 Å². The molecule has 22 heavy (non-hydrogen) atoms. The topological polar surface area (TPSA) is 20.3 Å². The lowest BCUT2D eigenvalue weighted by Crippen LogP contribution is -2.12. The molecule has 0 unspecified atom stereocenters. The number of carbonyl (C=O) groups excluding carboxylic acids is 1. The van der Waals surface area contributed by atoms with Crippen LogP contribution in [-0.4, -0.2) is 12.8 Å². The van der Waals surface area contributed by atoms with Gasteiger partial charge in [-0.1, -0.05) is 54.1 Å². The van der Waals surface area contributed by atoms with Gasteiger partial charge in [0.15, 0.2) is 6.29 Å². The van der Waals surface area contributed by atoms with E-state index in [0.29, 0.717) is 10.6 Å². The van der Waals surface area contributed by atoms with Crippen molar-refractivity contribution in [3.63, 3.8) is 0 Å². The third-order valence-corrected chi connectivity index (χ3v) is 4.71. The number of hydrogen-bond acceptors (Lipinski definition) is 2. The van der Waals surface area contributed by atoms with Gasteiger partial charge in [0, 0.05) is 29.6 Å². The van der Waals surface area contributed by atoms with Crippen LogP contribution in [0.15, 0.2) is 59.8 Å². The SMILES string of the molecule is O=CC1=C(Cl)/C(=C/N2CCc3ccccc32)c2ccccc21. The molecule has 0 radical (unpaired) electrons. The Balaban J connectivity index is 1.84. The number of nitrogens with zero attached hydrogens (tertiary/aromatic N) is 1. The minimum atomic E-state index is 0.542. The number of fused-ring (bicyclic) bond motifs is 2. The maximum absolute atomic E-state index is 11.4. The first-order chi connectivity index (χ1) is 10.8. The largest absolute Gasteiger partial charge is 0.347 e. The van der Waals surface area contributed by atoms with Gasteiger partial charge in [-0.05, 0) is 29.2 Å². The van der Waals surface area contributed by atoms with Crippen LogP contribution in [0.5, 0.6) is 0 Å². The molecule has 2 aromatic rings. The first-order valence-corrected chi connectivity index (χ1v) is 7.69. The molecule has 0 aromatic heterocycles. The second-order valence-electron chi connectivity index (χ2n) is 5.51. The van der Waals surface area contributed by atoms with Crippen LogP contribution in [0.4, 0.5) is 5.69 Å². The average Bonchev–Trinajstić information content (AvgIpc) is 3.08. The number of benzene rings is 2. The van der Waals surface area contributed by atoms with Crippen LogP contribution in [0.2, 0.25) is 0 Å². The van der Waals surface area contributed by atoms with Gasteiger partial charge in [0.1, 0.15) is 0 Å². The summed E-state index contributed by atoms with van der Waals surface area (Å²) in [5.74, 6) is 0. The average molecular weight is 308 g/mol. The summed E-state index contributed by atoms with van der Waals surface area (Å²) < 4.78 is 0. The minimum Gasteiger partial charge on any atom is -0.347 e. The summed E-state index contributed by atoms with van der Waals surface area (Å²) in [6.07, 6.45) is 3.95. The Bertz CT molecular complexity index is 835. The Morgan fingerprint density at radius 2 is 1.73 bits per heavy atom. The molecule has 0 N–H and O–H groups in total. The summed E-state index contributed by atoms with van der Waals surface area (Å²) in [6, 6.07) is 16.3. The maximum atomic E-state index is 11.4. The second-order valence-corrected chi connectivity index (χ2v) is 5.88. The Morgan fingerprint density at radius 3 is 2.55 bits per heavy atom. The molecular formula is C19H14ClNO. The molecule has 0 atom stereocenters. The molecule has 0 bridgehead atoms. The summed E-state index contributed by atoms with van der Waals surface area (Å²) in [6.45, 7) is 0.936. The van der Waals surface area contributed by atoms with Crippen molar-refractivity contribution in [3.05, 3.63) is 76.5 Å². The van der Waals surface area contributed by atoms with E-state index in [4.69, 9.17) is 11.6 Å². The maximum Gasteiger partial charge on any atom is 0.152 e. The van der Waals surface area contributed by atoms with Crippen molar-refractivity contribution in [2.75, 3.05) is 11.4 Å². The van der Waals surface area contributed by atoms with Crippen LogP contribution in [0.1, 0.15) is 16.7 Å². The van der Waals surface area contributed by atoms with Crippen LogP contribution >= 0.6 is 11.6 Å². The lowest BCUT2D eigenvalue weighted by molar-refractivity contribution is -0.103. The van der Waals surface area contributed by atoms with Crippen LogP contribution < -0.4 is 4.90 Å². The van der Waals surface area contributed by atoms with E-state index in [2.05, 4.69) is 29.3 Å². The quantitative estimate of drug-likeness (QED) is 0.773. The molecular weight excluding hydrogens is 294 g/mol. The zero-order valence-electron chi connectivity index (χ0n) is 11.9. The fourth-order valence-electron chi connectivity index (χ4n) is 3.23. The fraction of sp³-hybridized carbons (Fsp3) is 0.105. The number of aldehydes is 1. The number of allylic oxidation sites excluding steroid dienone is 3. The molecule has 1 heterocycles. The van der Waals surface area contributed by atoms with Gasteiger partial charge in [0.2, 0.25) is 0 Å². The van der Waals surface area contributed by atoms with Gasteiger partial charge in [-0.3, -0.25) is 4.79 Å². The molecule has 0 spiro atoms. The normalized spacial score (nSPS) is 17.9. The Hall–Kier alpha value is -2.32. The zero-order valence-corrected chi connectivity index (χ0v) is 12.7. The van der Waals surface area contributed by atoms with Gasteiger partial charge < -0.3 is 4.90 Å². The number of rotatable bonds is 2. The van der Waals surface area contributed by atoms with Gasteiger partial charge in [-0.25, -0.2) is 0 Å². The minimum absolute atomic E-state index is 0.542. The summed E-state index contributed by atoms with van der Waals surface area (Å²) >= 11 is 6.47. The van der Waals surface area contributed by atoms with Crippen LogP contribution in [0.3, 0.4) is 0 Å². The summed E-state index contributed by atoms with van der Waals surface area (Å²) in [5, 5.41) is 0.542. The molecule has 0 fully saturated rings. The fourth-order valence-corrected chi connectivity index (χ4v) is 3.53. The highest BCUT2D eigenvalue weighted by Crippen LogP contribution is 2.43. The van der Waals surface area contributed by atoms with Crippen molar-refractivity contribution in [1.29, 1.82) is 0 Å². The van der Waals surface area contributed by atoms with Gasteiger partial charge in [-0.15, -0.1) is 0 Å². The highest BCUT2D eigenvalue weighted by molar-refractivity contribution is 6.46. The zero-order chi connectivity index (χ0) is 15.1. The monoisotopic (exact) mass is 307 g/mol. The van der Waals surface area contributed by atoms with Crippen molar-refractivity contribution in [2.24, 2.45) is 0 Å². The van der Waals surface area contributed by atoms with Crippen LogP contribution in [0, 0.1) is 0 Å². The van der Waals surface area contributed by atoms with E-state index in [1.165, 1.54) is 11.3 Å². The second kappa shape index (κ2) is 5.15. The van der Waals surface area contributed by atoms with E-state index in [9.17, 15) is 4.79 Å². The van der Waals surface area contributed by atoms with Crippen molar-refractivity contribution < 1.29 is 4.79 Å². The van der Waals surface area contributed by atoms with Crippen molar-refractivity contribution in [3.8, 4) is 0 Å². The molecule has 108 valence electrons. The van der Waals surface area contributed by atoms with E-state index in [1.54, 1.807) is 0 Å².